The normalized spacial score (nSPS) is 24.2. The molecule has 1 atom stereocenters. The molecule has 3 rings (SSSR count). The number of rotatable bonds is 4. The van der Waals surface area contributed by atoms with Gasteiger partial charge in [-0.3, -0.25) is 4.79 Å². The van der Waals surface area contributed by atoms with Gasteiger partial charge in [-0.1, -0.05) is 20.8 Å². The summed E-state index contributed by atoms with van der Waals surface area (Å²) in [7, 11) is 0. The van der Waals surface area contributed by atoms with Crippen LogP contribution in [0.25, 0.3) is 0 Å². The van der Waals surface area contributed by atoms with E-state index >= 15 is 0 Å². The fourth-order valence-electron chi connectivity index (χ4n) is 4.31. The number of benzene rings is 1. The zero-order valence-electron chi connectivity index (χ0n) is 19.1. The summed E-state index contributed by atoms with van der Waals surface area (Å²) >= 11 is 0. The van der Waals surface area contributed by atoms with Crippen LogP contribution in [0.5, 0.6) is 0 Å². The van der Waals surface area contributed by atoms with E-state index in [1.807, 2.05) is 20.8 Å². The summed E-state index contributed by atoms with van der Waals surface area (Å²) in [4.78, 5) is 26.4. The first-order chi connectivity index (χ1) is 15.6. The van der Waals surface area contributed by atoms with Gasteiger partial charge in [0.15, 0.2) is 0 Å². The molecule has 2 fully saturated rings. The lowest BCUT2D eigenvalue weighted by Gasteiger charge is -2.33. The standard InChI is InChI=1S/C23H28F6N2O3/c1-21(2,3)18-12-31(20(33)34-18)17-6-4-13(5-7-17)11-30-19(32)14-8-15(22(24,25)26)10-16(9-14)23(27,28)29/h8-10,13,17-18H,4-7,11-12H2,1-3H3,(H,30,32). The van der Waals surface area contributed by atoms with Gasteiger partial charge < -0.3 is 15.0 Å². The van der Waals surface area contributed by atoms with Crippen molar-refractivity contribution in [3.05, 3.63) is 34.9 Å². The second-order valence-corrected chi connectivity index (χ2v) is 10.1. The second-order valence-electron chi connectivity index (χ2n) is 10.1. The summed E-state index contributed by atoms with van der Waals surface area (Å²) in [6.07, 6.45) is -7.92. The van der Waals surface area contributed by atoms with E-state index in [1.165, 1.54) is 0 Å². The Morgan fingerprint density at radius 2 is 1.50 bits per heavy atom. The molecule has 0 spiro atoms. The zero-order valence-corrected chi connectivity index (χ0v) is 19.1. The minimum absolute atomic E-state index is 0.00427. The number of ether oxygens (including phenoxy) is 1. The molecular weight excluding hydrogens is 466 g/mol. The predicted octanol–water partition coefficient (Wildman–Crippen LogP) is 5.88. The average molecular weight is 494 g/mol. The number of hydrogen-bond donors (Lipinski definition) is 1. The monoisotopic (exact) mass is 494 g/mol. The summed E-state index contributed by atoms with van der Waals surface area (Å²) in [6.45, 7) is 6.62. The summed E-state index contributed by atoms with van der Waals surface area (Å²) < 4.78 is 83.6. The van der Waals surface area contributed by atoms with Gasteiger partial charge in [0.2, 0.25) is 0 Å². The van der Waals surface area contributed by atoms with Crippen LogP contribution in [0.4, 0.5) is 31.1 Å². The Bertz CT molecular complexity index is 883. The Morgan fingerprint density at radius 3 is 1.94 bits per heavy atom. The van der Waals surface area contributed by atoms with Crippen molar-refractivity contribution in [2.75, 3.05) is 13.1 Å². The quantitative estimate of drug-likeness (QED) is 0.532. The van der Waals surface area contributed by atoms with Crippen LogP contribution in [0, 0.1) is 11.3 Å². The number of amides is 2. The van der Waals surface area contributed by atoms with Gasteiger partial charge in [0.05, 0.1) is 17.7 Å². The summed E-state index contributed by atoms with van der Waals surface area (Å²) in [5.74, 6) is -0.986. The van der Waals surface area contributed by atoms with Gasteiger partial charge in [-0.25, -0.2) is 4.79 Å². The molecule has 1 unspecified atom stereocenters. The molecule has 1 aliphatic heterocycles. The molecule has 34 heavy (non-hydrogen) atoms. The first-order valence-electron chi connectivity index (χ1n) is 11.1. The molecule has 1 saturated heterocycles. The summed E-state index contributed by atoms with van der Waals surface area (Å²) in [6, 6.07) is 0.841. The van der Waals surface area contributed by atoms with E-state index in [-0.39, 0.29) is 42.2 Å². The number of nitrogens with zero attached hydrogens (tertiary/aromatic N) is 1. The van der Waals surface area contributed by atoms with Crippen LogP contribution < -0.4 is 5.32 Å². The van der Waals surface area contributed by atoms with E-state index in [0.29, 0.717) is 44.4 Å². The zero-order chi connectivity index (χ0) is 25.5. The fourth-order valence-corrected chi connectivity index (χ4v) is 4.31. The van der Waals surface area contributed by atoms with Gasteiger partial charge in [-0.15, -0.1) is 0 Å². The number of alkyl halides is 6. The van der Waals surface area contributed by atoms with Crippen molar-refractivity contribution in [1.82, 2.24) is 10.2 Å². The molecule has 1 heterocycles. The van der Waals surface area contributed by atoms with Crippen molar-refractivity contribution in [3.63, 3.8) is 0 Å². The largest absolute Gasteiger partial charge is 0.444 e. The minimum atomic E-state index is -5.02. The Hall–Kier alpha value is -2.46. The van der Waals surface area contributed by atoms with Gasteiger partial charge in [-0.05, 0) is 49.8 Å². The predicted molar refractivity (Wildman–Crippen MR) is 111 cm³/mol. The molecular formula is C23H28F6N2O3. The molecule has 0 aromatic heterocycles. The number of carbonyl (C=O) groups is 2. The highest BCUT2D eigenvalue weighted by Gasteiger charge is 2.42. The Morgan fingerprint density at radius 1 is 0.971 bits per heavy atom. The minimum Gasteiger partial charge on any atom is -0.444 e. The van der Waals surface area contributed by atoms with Crippen molar-refractivity contribution >= 4 is 12.0 Å². The van der Waals surface area contributed by atoms with E-state index in [1.54, 1.807) is 4.90 Å². The SMILES string of the molecule is CC(C)(C)C1CN(C2CCC(CNC(=O)c3cc(C(F)(F)F)cc(C(F)(F)F)c3)CC2)C(=O)O1. The van der Waals surface area contributed by atoms with Crippen LogP contribution in [0.2, 0.25) is 0 Å². The molecule has 5 nitrogen and oxygen atoms in total. The number of halogens is 6. The third-order valence-electron chi connectivity index (χ3n) is 6.46. The average Bonchev–Trinajstić information content (AvgIpc) is 3.13. The Kier molecular flexibility index (Phi) is 7.15. The Labute approximate surface area is 193 Å². The van der Waals surface area contributed by atoms with E-state index in [9.17, 15) is 35.9 Å². The lowest BCUT2D eigenvalue weighted by Crippen LogP contribution is -2.41. The van der Waals surface area contributed by atoms with Gasteiger partial charge in [0.1, 0.15) is 6.10 Å². The number of carbonyl (C=O) groups excluding carboxylic acids is 2. The van der Waals surface area contributed by atoms with Gasteiger partial charge in [-0.2, -0.15) is 26.3 Å². The Balaban J connectivity index is 1.57. The highest BCUT2D eigenvalue weighted by Crippen LogP contribution is 2.37. The fraction of sp³-hybridized carbons (Fsp3) is 0.652. The lowest BCUT2D eigenvalue weighted by atomic mass is 9.84. The van der Waals surface area contributed by atoms with Crippen LogP contribution in [-0.4, -0.2) is 42.1 Å². The highest BCUT2D eigenvalue weighted by molar-refractivity contribution is 5.94. The molecule has 190 valence electrons. The van der Waals surface area contributed by atoms with Gasteiger partial charge in [0.25, 0.3) is 5.91 Å². The van der Waals surface area contributed by atoms with E-state index in [2.05, 4.69) is 5.32 Å². The van der Waals surface area contributed by atoms with Gasteiger partial charge >= 0.3 is 18.4 Å². The van der Waals surface area contributed by atoms with Crippen molar-refractivity contribution in [1.29, 1.82) is 0 Å². The van der Waals surface area contributed by atoms with Crippen LogP contribution in [-0.2, 0) is 17.1 Å². The highest BCUT2D eigenvalue weighted by atomic mass is 19.4. The molecule has 0 radical (unpaired) electrons. The number of hydrogen-bond acceptors (Lipinski definition) is 3. The number of cyclic esters (lactones) is 1. The topological polar surface area (TPSA) is 58.6 Å². The molecule has 0 bridgehead atoms. The molecule has 2 aliphatic rings. The van der Waals surface area contributed by atoms with Gasteiger partial charge in [0, 0.05) is 23.6 Å². The van der Waals surface area contributed by atoms with Crippen LogP contribution >= 0.6 is 0 Å². The third kappa shape index (κ3) is 6.15. The van der Waals surface area contributed by atoms with Crippen molar-refractivity contribution in [2.24, 2.45) is 11.3 Å². The molecule has 1 aromatic carbocycles. The summed E-state index contributed by atoms with van der Waals surface area (Å²) in [5, 5.41) is 2.47. The first kappa shape index (κ1) is 26.2. The van der Waals surface area contributed by atoms with Crippen LogP contribution in [0.3, 0.4) is 0 Å². The third-order valence-corrected chi connectivity index (χ3v) is 6.46. The molecule has 1 saturated carbocycles. The van der Waals surface area contributed by atoms with Crippen LogP contribution in [0.15, 0.2) is 18.2 Å². The molecule has 1 aromatic rings. The molecule has 11 heteroatoms. The van der Waals surface area contributed by atoms with Crippen molar-refractivity contribution in [2.45, 2.75) is 71.0 Å². The lowest BCUT2D eigenvalue weighted by molar-refractivity contribution is -0.143. The van der Waals surface area contributed by atoms with E-state index in [0.717, 1.165) is 0 Å². The van der Waals surface area contributed by atoms with Crippen LogP contribution in [0.1, 0.15) is 67.9 Å². The second kappa shape index (κ2) is 9.30. The molecule has 2 amide bonds. The van der Waals surface area contributed by atoms with Crippen molar-refractivity contribution < 1.29 is 40.7 Å². The van der Waals surface area contributed by atoms with E-state index in [4.69, 9.17) is 4.74 Å². The molecule has 1 aliphatic carbocycles. The van der Waals surface area contributed by atoms with E-state index < -0.39 is 35.0 Å². The first-order valence-corrected chi connectivity index (χ1v) is 11.1. The summed E-state index contributed by atoms with van der Waals surface area (Å²) in [5.41, 5.74) is -3.93. The van der Waals surface area contributed by atoms with Crippen molar-refractivity contribution in [3.8, 4) is 0 Å². The maximum absolute atomic E-state index is 13.0. The maximum atomic E-state index is 13.0. The smallest absolute Gasteiger partial charge is 0.416 e. The molecule has 1 N–H and O–H groups in total. The number of nitrogens with one attached hydrogen (secondary N) is 1. The maximum Gasteiger partial charge on any atom is 0.416 e.